The van der Waals surface area contributed by atoms with Gasteiger partial charge in [0.1, 0.15) is 0 Å². The highest BCUT2D eigenvalue weighted by Crippen LogP contribution is 2.41. The summed E-state index contributed by atoms with van der Waals surface area (Å²) < 4.78 is 0. The average molecular weight is 543 g/mol. The Kier molecular flexibility index (Phi) is 6.03. The predicted octanol–water partition coefficient (Wildman–Crippen LogP) is 12.2. The van der Waals surface area contributed by atoms with Crippen molar-refractivity contribution < 1.29 is 0 Å². The predicted molar refractivity (Wildman–Crippen MR) is 184 cm³/mol. The van der Waals surface area contributed by atoms with Gasteiger partial charge in [0, 0.05) is 0 Å². The zero-order valence-corrected chi connectivity index (χ0v) is 25.5. The summed E-state index contributed by atoms with van der Waals surface area (Å²) in [6, 6.07) is 45.6. The van der Waals surface area contributed by atoms with Crippen molar-refractivity contribution in [3.8, 4) is 33.4 Å². The van der Waals surface area contributed by atoms with Gasteiger partial charge in [-0.05, 0) is 99.8 Å². The molecule has 0 heterocycles. The molecule has 0 heteroatoms. The molecule has 0 saturated carbocycles. The molecule has 0 radical (unpaired) electrons. The average Bonchev–Trinajstić information content (AvgIpc) is 2.99. The molecular formula is C42H38. The second-order valence-corrected chi connectivity index (χ2v) is 13.9. The first-order chi connectivity index (χ1) is 20.1. The molecule has 0 fully saturated rings. The molecule has 0 aliphatic carbocycles. The summed E-state index contributed by atoms with van der Waals surface area (Å²) in [6.07, 6.45) is 0. The van der Waals surface area contributed by atoms with Crippen molar-refractivity contribution >= 4 is 32.3 Å². The number of rotatable bonds is 3. The molecule has 7 aromatic carbocycles. The van der Waals surface area contributed by atoms with Crippen LogP contribution in [0.2, 0.25) is 0 Å². The zero-order chi connectivity index (χ0) is 29.2. The van der Waals surface area contributed by atoms with Gasteiger partial charge in [-0.2, -0.15) is 0 Å². The van der Waals surface area contributed by atoms with E-state index < -0.39 is 0 Å². The maximum Gasteiger partial charge on any atom is -0.00206 e. The van der Waals surface area contributed by atoms with Crippen LogP contribution in [0.3, 0.4) is 0 Å². The standard InChI is InChI=1S/C42H38/c1-41(2,3)35-19-15-27(16-20-35)29-9-7-10-30(23-29)31-11-8-12-32(24-31)37-21-17-28-13-14-33-25-36(42(4,5)6)26-34-18-22-38(37)40(28)39(33)34/h7-26H,1-6H3. The molecule has 0 bridgehead atoms. The number of hydrogen-bond donors (Lipinski definition) is 0. The molecule has 0 aromatic heterocycles. The third-order valence-electron chi connectivity index (χ3n) is 8.92. The van der Waals surface area contributed by atoms with E-state index in [-0.39, 0.29) is 10.8 Å². The van der Waals surface area contributed by atoms with Crippen molar-refractivity contribution in [1.29, 1.82) is 0 Å². The number of hydrogen-bond acceptors (Lipinski definition) is 0. The number of benzene rings is 7. The molecule has 0 atom stereocenters. The molecule has 0 nitrogen and oxygen atoms in total. The lowest BCUT2D eigenvalue weighted by Crippen LogP contribution is -2.10. The Hall–Kier alpha value is -4.42. The Bertz CT molecular complexity index is 2060. The van der Waals surface area contributed by atoms with Gasteiger partial charge >= 0.3 is 0 Å². The second-order valence-electron chi connectivity index (χ2n) is 13.9. The van der Waals surface area contributed by atoms with Crippen LogP contribution >= 0.6 is 0 Å². The van der Waals surface area contributed by atoms with Crippen molar-refractivity contribution in [3.05, 3.63) is 132 Å². The molecule has 42 heavy (non-hydrogen) atoms. The van der Waals surface area contributed by atoms with Gasteiger partial charge in [-0.15, -0.1) is 0 Å². The minimum Gasteiger partial charge on any atom is -0.0610 e. The normalized spacial score (nSPS) is 12.5. The summed E-state index contributed by atoms with van der Waals surface area (Å²) in [5, 5.41) is 8.02. The van der Waals surface area contributed by atoms with E-state index >= 15 is 0 Å². The van der Waals surface area contributed by atoms with Crippen LogP contribution in [-0.4, -0.2) is 0 Å². The van der Waals surface area contributed by atoms with Gasteiger partial charge in [0.2, 0.25) is 0 Å². The summed E-state index contributed by atoms with van der Waals surface area (Å²) in [7, 11) is 0. The van der Waals surface area contributed by atoms with Gasteiger partial charge in [0.25, 0.3) is 0 Å². The van der Waals surface area contributed by atoms with Crippen LogP contribution in [-0.2, 0) is 10.8 Å². The van der Waals surface area contributed by atoms with Gasteiger partial charge in [-0.1, -0.05) is 151 Å². The second kappa shape index (κ2) is 9.57. The Balaban J connectivity index is 1.32. The lowest BCUT2D eigenvalue weighted by Gasteiger charge is -2.22. The van der Waals surface area contributed by atoms with Crippen molar-refractivity contribution in [1.82, 2.24) is 0 Å². The molecule has 0 spiro atoms. The highest BCUT2D eigenvalue weighted by Gasteiger charge is 2.18. The van der Waals surface area contributed by atoms with Crippen LogP contribution in [0.1, 0.15) is 52.7 Å². The third kappa shape index (κ3) is 4.56. The van der Waals surface area contributed by atoms with Gasteiger partial charge < -0.3 is 0 Å². The first-order valence-corrected chi connectivity index (χ1v) is 15.1. The molecular weight excluding hydrogens is 504 g/mol. The van der Waals surface area contributed by atoms with Gasteiger partial charge in [-0.25, -0.2) is 0 Å². The lowest BCUT2D eigenvalue weighted by atomic mass is 9.82. The molecule has 0 aliphatic heterocycles. The molecule has 7 aromatic rings. The molecule has 0 N–H and O–H groups in total. The Morgan fingerprint density at radius 1 is 0.357 bits per heavy atom. The summed E-state index contributed by atoms with van der Waals surface area (Å²) >= 11 is 0. The molecule has 0 amide bonds. The van der Waals surface area contributed by atoms with E-state index in [9.17, 15) is 0 Å². The summed E-state index contributed by atoms with van der Waals surface area (Å²) in [6.45, 7) is 13.7. The minimum atomic E-state index is 0.114. The smallest absolute Gasteiger partial charge is 0.00206 e. The van der Waals surface area contributed by atoms with Crippen LogP contribution in [0.15, 0.2) is 121 Å². The van der Waals surface area contributed by atoms with Crippen LogP contribution in [0.4, 0.5) is 0 Å². The van der Waals surface area contributed by atoms with Crippen molar-refractivity contribution in [3.63, 3.8) is 0 Å². The van der Waals surface area contributed by atoms with Gasteiger partial charge in [0.15, 0.2) is 0 Å². The molecule has 0 aliphatic rings. The Morgan fingerprint density at radius 3 is 1.48 bits per heavy atom. The van der Waals surface area contributed by atoms with E-state index in [1.165, 1.54) is 76.8 Å². The van der Waals surface area contributed by atoms with E-state index in [0.717, 1.165) is 0 Å². The van der Waals surface area contributed by atoms with Crippen LogP contribution in [0, 0.1) is 0 Å². The zero-order valence-electron chi connectivity index (χ0n) is 25.5. The van der Waals surface area contributed by atoms with Crippen LogP contribution < -0.4 is 0 Å². The van der Waals surface area contributed by atoms with E-state index in [1.54, 1.807) is 0 Å². The molecule has 0 saturated heterocycles. The van der Waals surface area contributed by atoms with Crippen molar-refractivity contribution in [2.75, 3.05) is 0 Å². The fourth-order valence-corrected chi connectivity index (χ4v) is 6.41. The van der Waals surface area contributed by atoms with Crippen LogP contribution in [0.25, 0.3) is 65.7 Å². The van der Waals surface area contributed by atoms with E-state index in [1.807, 2.05) is 0 Å². The minimum absolute atomic E-state index is 0.114. The molecule has 0 unspecified atom stereocenters. The van der Waals surface area contributed by atoms with Crippen molar-refractivity contribution in [2.24, 2.45) is 0 Å². The fourth-order valence-electron chi connectivity index (χ4n) is 6.41. The lowest BCUT2D eigenvalue weighted by molar-refractivity contribution is 0.590. The first kappa shape index (κ1) is 26.5. The maximum absolute atomic E-state index is 2.39. The maximum atomic E-state index is 2.39. The largest absolute Gasteiger partial charge is 0.0610 e. The fraction of sp³-hybridized carbons (Fsp3) is 0.190. The molecule has 7 rings (SSSR count). The van der Waals surface area contributed by atoms with E-state index in [0.29, 0.717) is 0 Å². The Labute approximate surface area is 250 Å². The quantitative estimate of drug-likeness (QED) is 0.195. The van der Waals surface area contributed by atoms with E-state index in [4.69, 9.17) is 0 Å². The Morgan fingerprint density at radius 2 is 0.857 bits per heavy atom. The monoisotopic (exact) mass is 542 g/mol. The molecule has 206 valence electrons. The third-order valence-corrected chi connectivity index (χ3v) is 8.92. The summed E-state index contributed by atoms with van der Waals surface area (Å²) in [5.41, 5.74) is 10.5. The first-order valence-electron chi connectivity index (χ1n) is 15.1. The highest BCUT2D eigenvalue weighted by molar-refractivity contribution is 6.25. The highest BCUT2D eigenvalue weighted by atomic mass is 14.2. The summed E-state index contributed by atoms with van der Waals surface area (Å²) in [5.74, 6) is 0. The van der Waals surface area contributed by atoms with Crippen LogP contribution in [0.5, 0.6) is 0 Å². The van der Waals surface area contributed by atoms with Gasteiger partial charge in [0.05, 0.1) is 0 Å². The topological polar surface area (TPSA) is 0 Å². The van der Waals surface area contributed by atoms with E-state index in [2.05, 4.69) is 163 Å². The van der Waals surface area contributed by atoms with Crippen molar-refractivity contribution in [2.45, 2.75) is 52.4 Å². The van der Waals surface area contributed by atoms with Gasteiger partial charge in [-0.3, -0.25) is 0 Å². The summed E-state index contributed by atoms with van der Waals surface area (Å²) in [4.78, 5) is 0. The SMILES string of the molecule is CC(C)(C)c1ccc(-c2cccc(-c3cccc(-c4ccc5ccc6cc(C(C)(C)C)cc7ccc4c5c67)c3)c2)cc1.